The van der Waals surface area contributed by atoms with Crippen LogP contribution in [-0.4, -0.2) is 45.2 Å². The summed E-state index contributed by atoms with van der Waals surface area (Å²) in [5.41, 5.74) is 18.6. The number of nitrogens with one attached hydrogen (secondary N) is 1. The van der Waals surface area contributed by atoms with Crippen molar-refractivity contribution in [3.05, 3.63) is 46.2 Å². The Kier molecular flexibility index (Phi) is 9.55. The largest absolute Gasteiger partial charge is 0.481 e. The zero-order valence-corrected chi connectivity index (χ0v) is 18.6. The van der Waals surface area contributed by atoms with Gasteiger partial charge >= 0.3 is 5.97 Å². The molecule has 0 aliphatic carbocycles. The number of nitrogens with zero attached hydrogens (tertiary/aromatic N) is 3. The Bertz CT molecular complexity index is 1040. The van der Waals surface area contributed by atoms with Gasteiger partial charge in [0.05, 0.1) is 6.42 Å². The van der Waals surface area contributed by atoms with Gasteiger partial charge in [0.2, 0.25) is 0 Å². The molecule has 0 aliphatic rings. The molecule has 0 fully saturated rings. The average molecular weight is 476 g/mol. The van der Waals surface area contributed by atoms with E-state index in [0.717, 1.165) is 30.4 Å². The van der Waals surface area contributed by atoms with Crippen LogP contribution in [0.3, 0.4) is 0 Å². The second kappa shape index (κ2) is 12.3. The number of carbonyl (C=O) groups is 3. The number of aliphatic imine (C=N–C) groups is 1. The highest BCUT2D eigenvalue weighted by Crippen LogP contribution is 2.17. The van der Waals surface area contributed by atoms with Crippen LogP contribution >= 0.6 is 11.6 Å². The molecule has 0 unspecified atom stereocenters. The third-order valence-corrected chi connectivity index (χ3v) is 4.84. The maximum atomic E-state index is 12.2. The number of halogens is 1. The summed E-state index contributed by atoms with van der Waals surface area (Å²) < 4.78 is 0. The maximum Gasteiger partial charge on any atom is 0.303 e. The number of hydrogen-bond acceptors (Lipinski definition) is 8. The average Bonchev–Trinajstić information content (AvgIpc) is 2.75. The number of unbranched alkanes of at least 4 members (excludes halogenated alkanes) is 1. The minimum atomic E-state index is -0.974. The van der Waals surface area contributed by atoms with E-state index in [4.69, 9.17) is 33.9 Å². The Hall–Kier alpha value is -3.73. The molecule has 2 aromatic rings. The molecule has 8 N–H and O–H groups in total. The van der Waals surface area contributed by atoms with Crippen LogP contribution in [0.25, 0.3) is 0 Å². The van der Waals surface area contributed by atoms with E-state index in [1.54, 1.807) is 0 Å². The topological polar surface area (TPSA) is 200 Å². The fourth-order valence-corrected chi connectivity index (χ4v) is 2.98. The number of benzene rings is 1. The highest BCUT2D eigenvalue weighted by atomic mass is 35.5. The molecule has 0 radical (unpaired) electrons. The lowest BCUT2D eigenvalue weighted by atomic mass is 10.0. The van der Waals surface area contributed by atoms with Gasteiger partial charge in [-0.3, -0.25) is 24.7 Å². The van der Waals surface area contributed by atoms with Gasteiger partial charge < -0.3 is 22.3 Å². The van der Waals surface area contributed by atoms with E-state index < -0.39 is 11.9 Å². The first-order valence-corrected chi connectivity index (χ1v) is 10.5. The lowest BCUT2D eigenvalue weighted by Gasteiger charge is -2.07. The van der Waals surface area contributed by atoms with Crippen LogP contribution in [0.2, 0.25) is 5.15 Å². The number of carboxylic acid groups (broad SMARTS) is 1. The van der Waals surface area contributed by atoms with Gasteiger partial charge in [-0.05, 0) is 30.4 Å². The molecule has 11 nitrogen and oxygen atoms in total. The molecule has 0 aliphatic heterocycles. The van der Waals surface area contributed by atoms with Crippen LogP contribution in [0.15, 0.2) is 29.3 Å². The first-order valence-electron chi connectivity index (χ1n) is 10.2. The number of carbonyl (C=O) groups excluding carboxylic acids is 2. The van der Waals surface area contributed by atoms with E-state index in [9.17, 15) is 14.4 Å². The van der Waals surface area contributed by atoms with Crippen LogP contribution < -0.4 is 22.5 Å². The number of carboxylic acids is 1. The molecule has 1 aromatic carbocycles. The number of Topliss-reactive ketones (excluding diaryl/α,β-unsaturated/α-hetero) is 1. The van der Waals surface area contributed by atoms with Crippen LogP contribution in [0.5, 0.6) is 0 Å². The number of hydrogen-bond donors (Lipinski definition) is 5. The molecule has 12 heteroatoms. The van der Waals surface area contributed by atoms with Crippen LogP contribution in [-0.2, 0) is 22.4 Å². The number of ketones is 1. The third kappa shape index (κ3) is 8.73. The standard InChI is InChI=1S/C21H26ClN7O4/c22-17-19(24)28-18(23)16(27-17)20(33)29-21(25)26-10-2-1-3-12-4-6-13(7-5-12)11-14(30)8-9-15(31)32/h4-7H,1-3,8-11H2,(H,31,32)(H4,23,24,28)(H3,25,26,29,33). The molecule has 0 spiro atoms. The van der Waals surface area contributed by atoms with Gasteiger partial charge in [-0.15, -0.1) is 0 Å². The highest BCUT2D eigenvalue weighted by molar-refractivity contribution is 6.31. The lowest BCUT2D eigenvalue weighted by molar-refractivity contribution is -0.138. The number of rotatable bonds is 11. The van der Waals surface area contributed by atoms with E-state index in [0.29, 0.717) is 6.54 Å². The van der Waals surface area contributed by atoms with Gasteiger partial charge in [-0.25, -0.2) is 9.97 Å². The van der Waals surface area contributed by atoms with Crippen molar-refractivity contribution >= 4 is 46.9 Å². The second-order valence-corrected chi connectivity index (χ2v) is 7.60. The van der Waals surface area contributed by atoms with Crippen molar-refractivity contribution in [1.29, 1.82) is 0 Å². The minimum Gasteiger partial charge on any atom is -0.481 e. The van der Waals surface area contributed by atoms with Crippen molar-refractivity contribution < 1.29 is 19.5 Å². The molecular formula is C21H26ClN7O4. The van der Waals surface area contributed by atoms with E-state index in [-0.39, 0.29) is 53.5 Å². The number of aliphatic carboxylic acids is 1. The lowest BCUT2D eigenvalue weighted by Crippen LogP contribution is -2.38. The molecule has 1 aromatic heterocycles. The molecule has 0 atom stereocenters. The summed E-state index contributed by atoms with van der Waals surface area (Å²) in [4.78, 5) is 46.1. The molecule has 0 saturated heterocycles. The first kappa shape index (κ1) is 25.5. The summed E-state index contributed by atoms with van der Waals surface area (Å²) in [6.07, 6.45) is 2.51. The van der Waals surface area contributed by atoms with Gasteiger partial charge in [0.1, 0.15) is 5.78 Å². The van der Waals surface area contributed by atoms with E-state index in [2.05, 4.69) is 20.3 Å². The molecule has 0 saturated carbocycles. The Labute approximate surface area is 195 Å². The van der Waals surface area contributed by atoms with Gasteiger partial charge in [0.15, 0.2) is 28.4 Å². The summed E-state index contributed by atoms with van der Waals surface area (Å²) in [5.74, 6) is -2.08. The fourth-order valence-electron chi connectivity index (χ4n) is 2.85. The summed E-state index contributed by atoms with van der Waals surface area (Å²) in [6, 6.07) is 7.64. The van der Waals surface area contributed by atoms with Gasteiger partial charge in [-0.1, -0.05) is 35.9 Å². The molecule has 1 amide bonds. The molecule has 1 heterocycles. The minimum absolute atomic E-state index is 0.0374. The van der Waals surface area contributed by atoms with Crippen molar-refractivity contribution in [2.75, 3.05) is 18.0 Å². The van der Waals surface area contributed by atoms with E-state index in [1.807, 2.05) is 24.3 Å². The molecular weight excluding hydrogens is 450 g/mol. The number of amides is 1. The van der Waals surface area contributed by atoms with Gasteiger partial charge in [0.25, 0.3) is 5.91 Å². The van der Waals surface area contributed by atoms with Crippen LogP contribution in [0, 0.1) is 0 Å². The zero-order chi connectivity index (χ0) is 24.4. The molecule has 176 valence electrons. The maximum absolute atomic E-state index is 12.2. The summed E-state index contributed by atoms with van der Waals surface area (Å²) in [6.45, 7) is 0.409. The third-order valence-electron chi connectivity index (χ3n) is 4.56. The number of aromatic nitrogens is 2. The SMILES string of the molecule is NC(=NCCCCc1ccc(CC(=O)CCC(=O)O)cc1)NC(=O)c1nc(Cl)c(N)nc1N. The quantitative estimate of drug-likeness (QED) is 0.180. The molecule has 2 rings (SSSR count). The summed E-state index contributed by atoms with van der Waals surface area (Å²) in [7, 11) is 0. The highest BCUT2D eigenvalue weighted by Gasteiger charge is 2.16. The Balaban J connectivity index is 1.73. The number of aryl methyl sites for hydroxylation is 1. The second-order valence-electron chi connectivity index (χ2n) is 7.24. The van der Waals surface area contributed by atoms with Crippen molar-refractivity contribution in [3.8, 4) is 0 Å². The number of nitrogens with two attached hydrogens (primary N) is 3. The first-order chi connectivity index (χ1) is 15.7. The normalized spacial score (nSPS) is 11.2. The molecule has 0 bridgehead atoms. The van der Waals surface area contributed by atoms with Crippen LogP contribution in [0.4, 0.5) is 11.6 Å². The fraction of sp³-hybridized carbons (Fsp3) is 0.333. The molecule has 33 heavy (non-hydrogen) atoms. The summed E-state index contributed by atoms with van der Waals surface area (Å²) in [5, 5.41) is 10.9. The van der Waals surface area contributed by atoms with Crippen molar-refractivity contribution in [3.63, 3.8) is 0 Å². The smallest absolute Gasteiger partial charge is 0.303 e. The Morgan fingerprint density at radius 2 is 1.67 bits per heavy atom. The van der Waals surface area contributed by atoms with Crippen molar-refractivity contribution in [2.24, 2.45) is 10.7 Å². The monoisotopic (exact) mass is 475 g/mol. The number of nitrogen functional groups attached to an aromatic ring is 2. The van der Waals surface area contributed by atoms with E-state index >= 15 is 0 Å². The van der Waals surface area contributed by atoms with Crippen molar-refractivity contribution in [1.82, 2.24) is 15.3 Å². The number of anilines is 2. The Morgan fingerprint density at radius 3 is 2.33 bits per heavy atom. The van der Waals surface area contributed by atoms with E-state index in [1.165, 1.54) is 0 Å². The zero-order valence-electron chi connectivity index (χ0n) is 17.9. The predicted octanol–water partition coefficient (Wildman–Crippen LogP) is 1.34. The van der Waals surface area contributed by atoms with Gasteiger partial charge in [0, 0.05) is 19.4 Å². The van der Waals surface area contributed by atoms with Crippen molar-refractivity contribution in [2.45, 2.75) is 38.5 Å². The summed E-state index contributed by atoms with van der Waals surface area (Å²) >= 11 is 5.76. The number of guanidine groups is 1. The Morgan fingerprint density at radius 1 is 1.00 bits per heavy atom. The van der Waals surface area contributed by atoms with Gasteiger partial charge in [-0.2, -0.15) is 0 Å². The predicted molar refractivity (Wildman–Crippen MR) is 125 cm³/mol. The van der Waals surface area contributed by atoms with Crippen LogP contribution in [0.1, 0.15) is 47.3 Å².